The number of rotatable bonds is 12. The van der Waals surface area contributed by atoms with E-state index in [2.05, 4.69) is 56.7 Å². The maximum absolute atomic E-state index is 13.9. The first-order valence-corrected chi connectivity index (χ1v) is 20.8. The Morgan fingerprint density at radius 3 is 2.33 bits per heavy atom. The zero-order chi connectivity index (χ0) is 41.0. The number of aromatic nitrogens is 4. The van der Waals surface area contributed by atoms with E-state index in [0.29, 0.717) is 30.9 Å². The van der Waals surface area contributed by atoms with Gasteiger partial charge in [0.25, 0.3) is 0 Å². The van der Waals surface area contributed by atoms with Crippen molar-refractivity contribution in [2.24, 2.45) is 0 Å². The molecule has 0 atom stereocenters. The zero-order valence-corrected chi connectivity index (χ0v) is 32.9. The minimum atomic E-state index is -4.76. The standard InChI is InChI=1S/C38H45F3N12O4S/c1-49(58(2,56)57)35-32(42-13-14-43-35)24-44-34-31(38(39,40)41)23-45-36(48-34)46-27-6-8-28(9-7-27)51-15-10-29(11-16-51)52-20-18-50(19-21-52)25-26-4-3-5-30(22-26)53-17-12-33(54)47-37(53)55/h3-9,13-14,22-23,29H,10-12,15-21,24-25H2,1-2H3,(H,47,54,55)(H2,44,45,46,48). The van der Waals surface area contributed by atoms with Gasteiger partial charge in [0.05, 0.1) is 12.8 Å². The van der Waals surface area contributed by atoms with Crippen LogP contribution in [0.15, 0.2) is 67.1 Å². The first kappa shape index (κ1) is 40.6. The van der Waals surface area contributed by atoms with Crippen LogP contribution in [-0.4, -0.2) is 115 Å². The zero-order valence-electron chi connectivity index (χ0n) is 32.1. The van der Waals surface area contributed by atoms with Crippen LogP contribution >= 0.6 is 0 Å². The normalized spacial score (nSPS) is 17.6. The van der Waals surface area contributed by atoms with Gasteiger partial charge >= 0.3 is 12.2 Å². The smallest absolute Gasteiger partial charge is 0.371 e. The number of piperidine rings is 1. The number of halogens is 3. The molecule has 0 aliphatic carbocycles. The lowest BCUT2D eigenvalue weighted by atomic mass is 10.0. The van der Waals surface area contributed by atoms with E-state index in [-0.39, 0.29) is 35.9 Å². The second-order valence-corrected chi connectivity index (χ2v) is 16.5. The van der Waals surface area contributed by atoms with Crippen molar-refractivity contribution in [1.29, 1.82) is 0 Å². The van der Waals surface area contributed by atoms with Crippen molar-refractivity contribution < 1.29 is 31.2 Å². The third-order valence-corrected chi connectivity index (χ3v) is 11.8. The van der Waals surface area contributed by atoms with Crippen molar-refractivity contribution in [3.8, 4) is 0 Å². The molecule has 16 nitrogen and oxygen atoms in total. The maximum Gasteiger partial charge on any atom is 0.421 e. The molecular weight excluding hydrogens is 778 g/mol. The van der Waals surface area contributed by atoms with E-state index >= 15 is 0 Å². The molecule has 58 heavy (non-hydrogen) atoms. The fourth-order valence-corrected chi connectivity index (χ4v) is 7.87. The largest absolute Gasteiger partial charge is 0.421 e. The Labute approximate surface area is 334 Å². The fourth-order valence-electron chi connectivity index (χ4n) is 7.41. The summed E-state index contributed by atoms with van der Waals surface area (Å²) in [5.74, 6) is -0.830. The van der Waals surface area contributed by atoms with Crippen LogP contribution in [0.2, 0.25) is 0 Å². The quantitative estimate of drug-likeness (QED) is 0.185. The highest BCUT2D eigenvalue weighted by molar-refractivity contribution is 7.92. The minimum absolute atomic E-state index is 0.0234. The number of amides is 3. The van der Waals surface area contributed by atoms with Crippen LogP contribution in [0.5, 0.6) is 0 Å². The van der Waals surface area contributed by atoms with E-state index in [0.717, 1.165) is 86.2 Å². The molecular formula is C38H45F3N12O4S. The number of benzene rings is 2. The van der Waals surface area contributed by atoms with E-state index < -0.39 is 27.6 Å². The highest BCUT2D eigenvalue weighted by Crippen LogP contribution is 2.35. The molecule has 0 radical (unpaired) electrons. The molecule has 308 valence electrons. The van der Waals surface area contributed by atoms with Crippen LogP contribution in [0.1, 0.15) is 36.1 Å². The Hall–Kier alpha value is -5.60. The Kier molecular flexibility index (Phi) is 12.0. The number of urea groups is 1. The van der Waals surface area contributed by atoms with Crippen molar-refractivity contribution in [2.75, 3.05) is 83.9 Å². The lowest BCUT2D eigenvalue weighted by Crippen LogP contribution is -2.53. The summed E-state index contributed by atoms with van der Waals surface area (Å²) in [7, 11) is -2.42. The predicted molar refractivity (Wildman–Crippen MR) is 213 cm³/mol. The van der Waals surface area contributed by atoms with Crippen molar-refractivity contribution in [3.05, 3.63) is 83.9 Å². The molecule has 0 saturated carbocycles. The number of piperazine rings is 1. The van der Waals surface area contributed by atoms with Crippen LogP contribution in [0, 0.1) is 0 Å². The maximum atomic E-state index is 13.9. The van der Waals surface area contributed by atoms with E-state index in [1.54, 1.807) is 4.90 Å². The number of carbonyl (C=O) groups excluding carboxylic acids is 2. The number of alkyl halides is 3. The monoisotopic (exact) mass is 822 g/mol. The average molecular weight is 823 g/mol. The van der Waals surface area contributed by atoms with Crippen LogP contribution < -0.4 is 30.1 Å². The molecule has 3 saturated heterocycles. The van der Waals surface area contributed by atoms with Gasteiger partial charge in [-0.2, -0.15) is 18.2 Å². The first-order valence-electron chi connectivity index (χ1n) is 18.9. The van der Waals surface area contributed by atoms with Crippen molar-refractivity contribution in [3.63, 3.8) is 0 Å². The SMILES string of the molecule is CN(c1nccnc1CNc1nc(Nc2ccc(N3CCC(N4CCN(Cc5cccc(N6CCC(=O)NC6=O)c5)CC4)CC3)cc2)ncc1C(F)(F)F)S(C)(=O)=O. The molecule has 2 aromatic carbocycles. The summed E-state index contributed by atoms with van der Waals surface area (Å²) < 4.78 is 66.9. The molecule has 3 fully saturated rings. The minimum Gasteiger partial charge on any atom is -0.371 e. The second-order valence-electron chi connectivity index (χ2n) is 14.5. The van der Waals surface area contributed by atoms with Crippen molar-refractivity contribution in [2.45, 2.75) is 44.6 Å². The van der Waals surface area contributed by atoms with Gasteiger partial charge in [-0.15, -0.1) is 0 Å². The van der Waals surface area contributed by atoms with E-state index in [4.69, 9.17) is 0 Å². The van der Waals surface area contributed by atoms with Gasteiger partial charge in [-0.1, -0.05) is 12.1 Å². The number of hydrogen-bond acceptors (Lipinski definition) is 13. The van der Waals surface area contributed by atoms with Gasteiger partial charge in [0, 0.05) is 108 Å². The number of anilines is 6. The molecule has 3 N–H and O–H groups in total. The van der Waals surface area contributed by atoms with Gasteiger partial charge in [-0.05, 0) is 54.8 Å². The van der Waals surface area contributed by atoms with Crippen molar-refractivity contribution >= 4 is 56.6 Å². The summed E-state index contributed by atoms with van der Waals surface area (Å²) in [5.41, 5.74) is 2.58. The highest BCUT2D eigenvalue weighted by Gasteiger charge is 2.36. The summed E-state index contributed by atoms with van der Waals surface area (Å²) in [4.78, 5) is 49.0. The lowest BCUT2D eigenvalue weighted by Gasteiger charge is -2.43. The van der Waals surface area contributed by atoms with Gasteiger partial charge in [0.15, 0.2) is 5.82 Å². The second kappa shape index (κ2) is 17.1. The van der Waals surface area contributed by atoms with Crippen LogP contribution in [0.25, 0.3) is 0 Å². The number of hydrogen-bond donors (Lipinski definition) is 3. The summed E-state index contributed by atoms with van der Waals surface area (Å²) in [6, 6.07) is 15.7. The van der Waals surface area contributed by atoms with Crippen LogP contribution in [-0.2, 0) is 34.1 Å². The third kappa shape index (κ3) is 9.74. The summed E-state index contributed by atoms with van der Waals surface area (Å²) in [6.45, 7) is 6.52. The highest BCUT2D eigenvalue weighted by atomic mass is 32.2. The Morgan fingerprint density at radius 1 is 0.914 bits per heavy atom. The van der Waals surface area contributed by atoms with E-state index in [1.807, 2.05) is 42.5 Å². The van der Waals surface area contributed by atoms with Gasteiger partial charge in [-0.3, -0.25) is 34.1 Å². The summed E-state index contributed by atoms with van der Waals surface area (Å²) in [6.07, 6.45) is 1.88. The molecule has 3 aliphatic heterocycles. The number of sulfonamides is 1. The van der Waals surface area contributed by atoms with Crippen LogP contribution in [0.4, 0.5) is 52.6 Å². The molecule has 20 heteroatoms. The van der Waals surface area contributed by atoms with Gasteiger partial charge in [0.1, 0.15) is 17.1 Å². The van der Waals surface area contributed by atoms with E-state index in [1.165, 1.54) is 19.4 Å². The molecule has 0 spiro atoms. The number of nitrogens with zero attached hydrogens (tertiary/aromatic N) is 9. The average Bonchev–Trinajstić information content (AvgIpc) is 3.20. The number of carbonyl (C=O) groups is 2. The predicted octanol–water partition coefficient (Wildman–Crippen LogP) is 4.27. The molecule has 2 aromatic heterocycles. The molecule has 7 rings (SSSR count). The van der Waals surface area contributed by atoms with Gasteiger partial charge in [0.2, 0.25) is 21.9 Å². The number of imide groups is 1. The van der Waals surface area contributed by atoms with Gasteiger partial charge in [-0.25, -0.2) is 23.2 Å². The topological polar surface area (TPSA) is 172 Å². The Morgan fingerprint density at radius 2 is 1.64 bits per heavy atom. The Balaban J connectivity index is 0.901. The third-order valence-electron chi connectivity index (χ3n) is 10.6. The van der Waals surface area contributed by atoms with E-state index in [9.17, 15) is 31.2 Å². The summed E-state index contributed by atoms with van der Waals surface area (Å²) in [5, 5.41) is 8.02. The lowest BCUT2D eigenvalue weighted by molar-refractivity contribution is -0.137. The number of nitrogens with one attached hydrogen (secondary N) is 3. The molecule has 0 bridgehead atoms. The van der Waals surface area contributed by atoms with Crippen molar-refractivity contribution in [1.82, 2.24) is 35.1 Å². The van der Waals surface area contributed by atoms with Crippen LogP contribution in [0.3, 0.4) is 0 Å². The summed E-state index contributed by atoms with van der Waals surface area (Å²) >= 11 is 0. The molecule has 3 aliphatic rings. The molecule has 0 unspecified atom stereocenters. The Bertz CT molecular complexity index is 2210. The fraction of sp³-hybridized carbons (Fsp3) is 0.421. The molecule has 4 aromatic rings. The molecule has 3 amide bonds. The molecule has 5 heterocycles. The van der Waals surface area contributed by atoms with Gasteiger partial charge < -0.3 is 15.5 Å². The first-order chi connectivity index (χ1) is 27.7.